The highest BCUT2D eigenvalue weighted by molar-refractivity contribution is 5.76. The minimum Gasteiger partial charge on any atom is -0.494 e. The number of rotatable bonds is 3. The van der Waals surface area contributed by atoms with Crippen molar-refractivity contribution in [3.8, 4) is 5.75 Å². The summed E-state index contributed by atoms with van der Waals surface area (Å²) in [5.41, 5.74) is 12.1. The highest BCUT2D eigenvalue weighted by Crippen LogP contribution is 2.34. The number of nitrogens with one attached hydrogen (secondary N) is 1. The fourth-order valence-electron chi connectivity index (χ4n) is 2.26. The smallest absolute Gasteiger partial charge is 0.145 e. The van der Waals surface area contributed by atoms with Crippen LogP contribution in [0.2, 0.25) is 0 Å². The van der Waals surface area contributed by atoms with E-state index in [2.05, 4.69) is 24.4 Å². The van der Waals surface area contributed by atoms with Crippen molar-refractivity contribution < 1.29 is 4.74 Å². The van der Waals surface area contributed by atoms with Gasteiger partial charge in [-0.15, -0.1) is 0 Å². The Hall–Kier alpha value is -2.16. The van der Waals surface area contributed by atoms with Gasteiger partial charge in [0.2, 0.25) is 0 Å². The first-order chi connectivity index (χ1) is 9.01. The maximum absolute atomic E-state index is 6.03. The van der Waals surface area contributed by atoms with Gasteiger partial charge in [-0.05, 0) is 55.7 Å². The van der Waals surface area contributed by atoms with E-state index in [0.717, 1.165) is 33.9 Å². The molecule has 100 valence electrons. The molecule has 0 bridgehead atoms. The second-order valence-electron chi connectivity index (χ2n) is 4.88. The van der Waals surface area contributed by atoms with Crippen molar-refractivity contribution in [2.75, 3.05) is 18.2 Å². The van der Waals surface area contributed by atoms with Crippen LogP contribution in [-0.4, -0.2) is 7.11 Å². The lowest BCUT2D eigenvalue weighted by molar-refractivity contribution is 0.413. The monoisotopic (exact) mass is 256 g/mol. The van der Waals surface area contributed by atoms with Crippen molar-refractivity contribution in [3.63, 3.8) is 0 Å². The van der Waals surface area contributed by atoms with Gasteiger partial charge in [-0.1, -0.05) is 12.1 Å². The summed E-state index contributed by atoms with van der Waals surface area (Å²) in [5.74, 6) is 0.852. The number of benzene rings is 2. The number of anilines is 3. The van der Waals surface area contributed by atoms with Gasteiger partial charge in [0, 0.05) is 0 Å². The average molecular weight is 256 g/mol. The fraction of sp³-hybridized carbons (Fsp3) is 0.250. The van der Waals surface area contributed by atoms with Crippen molar-refractivity contribution in [2.45, 2.75) is 20.8 Å². The molecule has 2 aromatic carbocycles. The molecule has 3 nitrogen and oxygen atoms in total. The molecule has 0 saturated heterocycles. The summed E-state index contributed by atoms with van der Waals surface area (Å²) in [7, 11) is 1.68. The van der Waals surface area contributed by atoms with E-state index in [4.69, 9.17) is 10.5 Å². The summed E-state index contributed by atoms with van der Waals surface area (Å²) in [6.45, 7) is 6.13. The summed E-state index contributed by atoms with van der Waals surface area (Å²) in [6, 6.07) is 10.1. The van der Waals surface area contributed by atoms with Gasteiger partial charge in [0.15, 0.2) is 0 Å². The molecule has 0 fully saturated rings. The molecule has 19 heavy (non-hydrogen) atoms. The largest absolute Gasteiger partial charge is 0.494 e. The molecule has 0 heterocycles. The summed E-state index contributed by atoms with van der Waals surface area (Å²) >= 11 is 0. The molecule has 0 radical (unpaired) electrons. The standard InChI is InChI=1S/C16H20N2O/c1-10-5-6-14(13(17)8-10)18-15-9-11(2)7-12(3)16(15)19-4/h5-9,18H,17H2,1-4H3. The van der Waals surface area contributed by atoms with Gasteiger partial charge in [-0.2, -0.15) is 0 Å². The van der Waals surface area contributed by atoms with E-state index in [1.807, 2.05) is 32.0 Å². The maximum Gasteiger partial charge on any atom is 0.145 e. The Kier molecular flexibility index (Phi) is 3.65. The number of methoxy groups -OCH3 is 1. The number of nitrogen functional groups attached to an aromatic ring is 1. The van der Waals surface area contributed by atoms with Crippen molar-refractivity contribution in [1.82, 2.24) is 0 Å². The molecule has 0 unspecified atom stereocenters. The van der Waals surface area contributed by atoms with Crippen LogP contribution in [0.15, 0.2) is 30.3 Å². The third-order valence-electron chi connectivity index (χ3n) is 3.10. The maximum atomic E-state index is 6.03. The Morgan fingerprint density at radius 2 is 1.68 bits per heavy atom. The predicted molar refractivity (Wildman–Crippen MR) is 81.3 cm³/mol. The lowest BCUT2D eigenvalue weighted by Crippen LogP contribution is -2.00. The first-order valence-corrected chi connectivity index (χ1v) is 6.29. The molecule has 0 spiro atoms. The highest BCUT2D eigenvalue weighted by atomic mass is 16.5. The van der Waals surface area contributed by atoms with E-state index < -0.39 is 0 Å². The van der Waals surface area contributed by atoms with Crippen molar-refractivity contribution in [1.29, 1.82) is 0 Å². The van der Waals surface area contributed by atoms with E-state index in [-0.39, 0.29) is 0 Å². The molecule has 3 heteroatoms. The first kappa shape index (κ1) is 13.3. The van der Waals surface area contributed by atoms with E-state index >= 15 is 0 Å². The summed E-state index contributed by atoms with van der Waals surface area (Å²) in [4.78, 5) is 0. The van der Waals surface area contributed by atoms with Crippen LogP contribution in [0, 0.1) is 20.8 Å². The van der Waals surface area contributed by atoms with Crippen molar-refractivity contribution in [2.24, 2.45) is 0 Å². The Bertz CT molecular complexity index is 606. The quantitative estimate of drug-likeness (QED) is 0.817. The summed E-state index contributed by atoms with van der Waals surface area (Å²) < 4.78 is 5.46. The molecule has 0 atom stereocenters. The molecule has 0 aliphatic rings. The van der Waals surface area contributed by atoms with E-state index in [9.17, 15) is 0 Å². The molecule has 2 aromatic rings. The zero-order chi connectivity index (χ0) is 14.0. The first-order valence-electron chi connectivity index (χ1n) is 6.29. The number of hydrogen-bond donors (Lipinski definition) is 2. The van der Waals surface area contributed by atoms with Gasteiger partial charge in [0.25, 0.3) is 0 Å². The minimum atomic E-state index is 0.737. The molecular weight excluding hydrogens is 236 g/mol. The molecule has 0 aliphatic heterocycles. The average Bonchev–Trinajstić information content (AvgIpc) is 2.32. The van der Waals surface area contributed by atoms with Crippen molar-refractivity contribution in [3.05, 3.63) is 47.0 Å². The van der Waals surface area contributed by atoms with Gasteiger partial charge in [0.05, 0.1) is 24.2 Å². The third kappa shape index (κ3) is 2.81. The van der Waals surface area contributed by atoms with Crippen molar-refractivity contribution >= 4 is 17.1 Å². The molecular formula is C16H20N2O. The van der Waals surface area contributed by atoms with Gasteiger partial charge in [-0.3, -0.25) is 0 Å². The van der Waals surface area contributed by atoms with Crippen LogP contribution in [0.1, 0.15) is 16.7 Å². The van der Waals surface area contributed by atoms with Crippen LogP contribution < -0.4 is 15.8 Å². The number of aryl methyl sites for hydroxylation is 3. The Balaban J connectivity index is 2.42. The van der Waals surface area contributed by atoms with Crippen LogP contribution >= 0.6 is 0 Å². The number of hydrogen-bond acceptors (Lipinski definition) is 3. The topological polar surface area (TPSA) is 47.3 Å². The Morgan fingerprint density at radius 1 is 0.947 bits per heavy atom. The Labute approximate surface area is 114 Å². The SMILES string of the molecule is COc1c(C)cc(C)cc1Nc1ccc(C)cc1N. The summed E-state index contributed by atoms with van der Waals surface area (Å²) in [5, 5.41) is 3.35. The third-order valence-corrected chi connectivity index (χ3v) is 3.10. The summed E-state index contributed by atoms with van der Waals surface area (Å²) in [6.07, 6.45) is 0. The number of ether oxygens (including phenoxy) is 1. The van der Waals surface area contributed by atoms with Crippen LogP contribution in [0.4, 0.5) is 17.1 Å². The van der Waals surface area contributed by atoms with E-state index in [1.165, 1.54) is 5.56 Å². The highest BCUT2D eigenvalue weighted by Gasteiger charge is 2.09. The lowest BCUT2D eigenvalue weighted by atomic mass is 10.1. The molecule has 2 rings (SSSR count). The molecule has 0 aromatic heterocycles. The second-order valence-corrected chi connectivity index (χ2v) is 4.88. The molecule has 0 aliphatic carbocycles. The molecule has 3 N–H and O–H groups in total. The van der Waals surface area contributed by atoms with Gasteiger partial charge >= 0.3 is 0 Å². The van der Waals surface area contributed by atoms with Crippen LogP contribution in [-0.2, 0) is 0 Å². The van der Waals surface area contributed by atoms with Gasteiger partial charge in [-0.25, -0.2) is 0 Å². The van der Waals surface area contributed by atoms with E-state index in [0.29, 0.717) is 0 Å². The van der Waals surface area contributed by atoms with Gasteiger partial charge in [0.1, 0.15) is 5.75 Å². The number of nitrogens with two attached hydrogens (primary N) is 1. The predicted octanol–water partition coefficient (Wildman–Crippen LogP) is 3.95. The normalized spacial score (nSPS) is 10.3. The Morgan fingerprint density at radius 3 is 2.32 bits per heavy atom. The van der Waals surface area contributed by atoms with Crippen LogP contribution in [0.5, 0.6) is 5.75 Å². The minimum absolute atomic E-state index is 0.737. The molecule has 0 saturated carbocycles. The molecule has 0 amide bonds. The zero-order valence-electron chi connectivity index (χ0n) is 11.9. The van der Waals surface area contributed by atoms with Crippen LogP contribution in [0.25, 0.3) is 0 Å². The fourth-order valence-corrected chi connectivity index (χ4v) is 2.26. The van der Waals surface area contributed by atoms with Crippen LogP contribution in [0.3, 0.4) is 0 Å². The lowest BCUT2D eigenvalue weighted by Gasteiger charge is -2.16. The van der Waals surface area contributed by atoms with E-state index in [1.54, 1.807) is 7.11 Å². The second kappa shape index (κ2) is 5.22. The van der Waals surface area contributed by atoms with Gasteiger partial charge < -0.3 is 15.8 Å². The zero-order valence-corrected chi connectivity index (χ0v) is 11.9.